The van der Waals surface area contributed by atoms with Gasteiger partial charge in [0.05, 0.1) is 24.7 Å². The first-order valence-corrected chi connectivity index (χ1v) is 11.0. The standard InChI is InChI=1S/C17H20N2O4S2/c1-23-14-5-3-2-4-12(14)8-19-13-9-25(21,22)10-15(13)24-17(19)18-16(20)11-6-7-11/h2-5,11,13,15H,6-10H2,1H3/t13-,15-/m1/s1. The Morgan fingerprint density at radius 3 is 2.80 bits per heavy atom. The number of nitrogens with zero attached hydrogens (tertiary/aromatic N) is 2. The molecular formula is C17H20N2O4S2. The molecule has 4 rings (SSSR count). The summed E-state index contributed by atoms with van der Waals surface area (Å²) in [6, 6.07) is 7.53. The summed E-state index contributed by atoms with van der Waals surface area (Å²) in [5, 5.41) is 0.609. The minimum Gasteiger partial charge on any atom is -0.496 e. The molecule has 1 amide bonds. The largest absolute Gasteiger partial charge is 0.496 e. The summed E-state index contributed by atoms with van der Waals surface area (Å²) < 4.78 is 29.5. The molecule has 1 aliphatic carbocycles. The first-order chi connectivity index (χ1) is 12.0. The minimum absolute atomic E-state index is 0.0505. The van der Waals surface area contributed by atoms with Gasteiger partial charge in [0.2, 0.25) is 0 Å². The lowest BCUT2D eigenvalue weighted by Crippen LogP contribution is -2.37. The highest BCUT2D eigenvalue weighted by molar-refractivity contribution is 8.15. The quantitative estimate of drug-likeness (QED) is 0.791. The van der Waals surface area contributed by atoms with Crippen LogP contribution in [0.4, 0.5) is 0 Å². The normalized spacial score (nSPS) is 29.0. The van der Waals surface area contributed by atoms with Crippen LogP contribution < -0.4 is 4.74 Å². The molecule has 2 aliphatic heterocycles. The number of amidine groups is 1. The number of amides is 1. The molecule has 3 aliphatic rings. The van der Waals surface area contributed by atoms with E-state index >= 15 is 0 Å². The molecule has 8 heteroatoms. The molecule has 2 saturated heterocycles. The van der Waals surface area contributed by atoms with Gasteiger partial charge in [-0.3, -0.25) is 4.79 Å². The highest BCUT2D eigenvalue weighted by Crippen LogP contribution is 2.40. The summed E-state index contributed by atoms with van der Waals surface area (Å²) in [6.07, 6.45) is 1.82. The molecule has 6 nitrogen and oxygen atoms in total. The maximum atomic E-state index is 12.2. The lowest BCUT2D eigenvalue weighted by molar-refractivity contribution is -0.118. The Morgan fingerprint density at radius 2 is 2.08 bits per heavy atom. The van der Waals surface area contributed by atoms with Crippen LogP contribution in [-0.4, -0.2) is 54.3 Å². The lowest BCUT2D eigenvalue weighted by atomic mass is 10.1. The molecule has 0 N–H and O–H groups in total. The summed E-state index contributed by atoms with van der Waals surface area (Å²) in [5.41, 5.74) is 0.960. The van der Waals surface area contributed by atoms with Crippen molar-refractivity contribution in [3.8, 4) is 5.75 Å². The van der Waals surface area contributed by atoms with E-state index in [4.69, 9.17) is 4.74 Å². The highest BCUT2D eigenvalue weighted by Gasteiger charge is 2.49. The number of thioether (sulfide) groups is 1. The molecule has 134 valence electrons. The van der Waals surface area contributed by atoms with Gasteiger partial charge in [-0.25, -0.2) is 8.42 Å². The zero-order valence-corrected chi connectivity index (χ0v) is 15.6. The number of carbonyl (C=O) groups excluding carboxylic acids is 1. The van der Waals surface area contributed by atoms with Gasteiger partial charge in [0.25, 0.3) is 5.91 Å². The maximum Gasteiger partial charge on any atom is 0.251 e. The van der Waals surface area contributed by atoms with Crippen molar-refractivity contribution in [1.82, 2.24) is 4.90 Å². The van der Waals surface area contributed by atoms with Crippen LogP contribution in [0, 0.1) is 5.92 Å². The second-order valence-corrected chi connectivity index (χ2v) is 10.1. The van der Waals surface area contributed by atoms with Crippen LogP contribution in [0.2, 0.25) is 0 Å². The number of rotatable bonds is 4. The smallest absolute Gasteiger partial charge is 0.251 e. The number of aliphatic imine (C=N–C) groups is 1. The van der Waals surface area contributed by atoms with Crippen molar-refractivity contribution in [3.05, 3.63) is 29.8 Å². The molecule has 1 aromatic rings. The van der Waals surface area contributed by atoms with Gasteiger partial charge in [-0.05, 0) is 18.9 Å². The summed E-state index contributed by atoms with van der Waals surface area (Å²) in [7, 11) is -1.42. The van der Waals surface area contributed by atoms with Crippen molar-refractivity contribution >= 4 is 32.7 Å². The SMILES string of the molecule is COc1ccccc1CN1C(=NC(=O)C2CC2)S[C@@H]2CS(=O)(=O)C[C@H]21. The number of carbonyl (C=O) groups is 1. The third kappa shape index (κ3) is 3.42. The van der Waals surface area contributed by atoms with Crippen molar-refractivity contribution in [2.75, 3.05) is 18.6 Å². The predicted molar refractivity (Wildman–Crippen MR) is 97.5 cm³/mol. The summed E-state index contributed by atoms with van der Waals surface area (Å²) in [6.45, 7) is 0.491. The van der Waals surface area contributed by atoms with Crippen LogP contribution in [0.1, 0.15) is 18.4 Å². The maximum absolute atomic E-state index is 12.2. The number of sulfone groups is 1. The van der Waals surface area contributed by atoms with Crippen molar-refractivity contribution in [3.63, 3.8) is 0 Å². The van der Waals surface area contributed by atoms with E-state index in [0.29, 0.717) is 11.7 Å². The van der Waals surface area contributed by atoms with Crippen molar-refractivity contribution in [2.24, 2.45) is 10.9 Å². The van der Waals surface area contributed by atoms with Crippen molar-refractivity contribution < 1.29 is 17.9 Å². The van der Waals surface area contributed by atoms with E-state index in [2.05, 4.69) is 4.99 Å². The Balaban J connectivity index is 1.64. The van der Waals surface area contributed by atoms with Crippen LogP contribution >= 0.6 is 11.8 Å². The number of ether oxygens (including phenoxy) is 1. The first kappa shape index (κ1) is 16.9. The molecule has 1 saturated carbocycles. The van der Waals surface area contributed by atoms with Gasteiger partial charge in [-0.2, -0.15) is 4.99 Å². The molecular weight excluding hydrogens is 360 g/mol. The third-order valence-corrected chi connectivity index (χ3v) is 8.09. The number of hydrogen-bond acceptors (Lipinski definition) is 5. The Bertz CT molecular complexity index is 833. The van der Waals surface area contributed by atoms with E-state index in [-0.39, 0.29) is 34.6 Å². The topological polar surface area (TPSA) is 76.0 Å². The molecule has 0 unspecified atom stereocenters. The number of methoxy groups -OCH3 is 1. The molecule has 0 bridgehead atoms. The van der Waals surface area contributed by atoms with E-state index in [9.17, 15) is 13.2 Å². The molecule has 0 spiro atoms. The van der Waals surface area contributed by atoms with Gasteiger partial charge in [0.1, 0.15) is 5.75 Å². The van der Waals surface area contributed by atoms with Gasteiger partial charge in [0, 0.05) is 23.3 Å². The predicted octanol–water partition coefficient (Wildman–Crippen LogP) is 1.70. The van der Waals surface area contributed by atoms with E-state index in [0.717, 1.165) is 24.2 Å². The van der Waals surface area contributed by atoms with Gasteiger partial charge >= 0.3 is 0 Å². The van der Waals surface area contributed by atoms with Gasteiger partial charge in [0.15, 0.2) is 15.0 Å². The molecule has 0 aromatic heterocycles. The zero-order chi connectivity index (χ0) is 17.6. The Kier molecular flexibility index (Phi) is 4.27. The summed E-state index contributed by atoms with van der Waals surface area (Å²) in [4.78, 5) is 18.5. The van der Waals surface area contributed by atoms with Gasteiger partial charge in [-0.1, -0.05) is 30.0 Å². The van der Waals surface area contributed by atoms with Crippen LogP contribution in [0.25, 0.3) is 0 Å². The number of benzene rings is 1. The monoisotopic (exact) mass is 380 g/mol. The van der Waals surface area contributed by atoms with Crippen LogP contribution in [0.5, 0.6) is 5.75 Å². The van der Waals surface area contributed by atoms with E-state index < -0.39 is 9.84 Å². The summed E-state index contributed by atoms with van der Waals surface area (Å²) >= 11 is 1.43. The fourth-order valence-corrected chi connectivity index (χ4v) is 7.31. The van der Waals surface area contributed by atoms with Crippen LogP contribution in [0.15, 0.2) is 29.3 Å². The fourth-order valence-electron chi connectivity index (χ4n) is 3.35. The highest BCUT2D eigenvalue weighted by atomic mass is 32.2. The minimum atomic E-state index is -3.04. The Morgan fingerprint density at radius 1 is 1.32 bits per heavy atom. The molecule has 0 radical (unpaired) electrons. The Hall–Kier alpha value is -1.54. The zero-order valence-electron chi connectivity index (χ0n) is 13.9. The van der Waals surface area contributed by atoms with E-state index in [1.54, 1.807) is 7.11 Å². The van der Waals surface area contributed by atoms with E-state index in [1.165, 1.54) is 11.8 Å². The number of para-hydroxylation sites is 1. The third-order valence-electron chi connectivity index (χ3n) is 4.84. The molecule has 2 heterocycles. The number of fused-ring (bicyclic) bond motifs is 1. The second-order valence-electron chi connectivity index (χ2n) is 6.75. The van der Waals surface area contributed by atoms with Crippen molar-refractivity contribution in [2.45, 2.75) is 30.7 Å². The second kappa shape index (κ2) is 6.32. The molecule has 2 atom stereocenters. The first-order valence-electron chi connectivity index (χ1n) is 8.35. The van der Waals surface area contributed by atoms with E-state index in [1.807, 2.05) is 29.2 Å². The summed E-state index contributed by atoms with van der Waals surface area (Å²) in [5.74, 6) is 1.02. The average Bonchev–Trinajstić information content (AvgIpc) is 3.32. The molecule has 25 heavy (non-hydrogen) atoms. The molecule has 3 fully saturated rings. The Labute approximate surface area is 151 Å². The molecule has 1 aromatic carbocycles. The fraction of sp³-hybridized carbons (Fsp3) is 0.529. The lowest BCUT2D eigenvalue weighted by Gasteiger charge is -2.25. The number of hydrogen-bond donors (Lipinski definition) is 0. The average molecular weight is 380 g/mol. The van der Waals surface area contributed by atoms with Crippen molar-refractivity contribution in [1.29, 1.82) is 0 Å². The van der Waals surface area contributed by atoms with Gasteiger partial charge < -0.3 is 9.64 Å². The van der Waals surface area contributed by atoms with Crippen LogP contribution in [-0.2, 0) is 21.2 Å². The van der Waals surface area contributed by atoms with Crippen LogP contribution in [0.3, 0.4) is 0 Å². The van der Waals surface area contributed by atoms with Gasteiger partial charge in [-0.15, -0.1) is 0 Å².